The van der Waals surface area contributed by atoms with Gasteiger partial charge in [-0.05, 0) is 6.42 Å². The van der Waals surface area contributed by atoms with Crippen LogP contribution in [0.25, 0.3) is 0 Å². The van der Waals surface area contributed by atoms with Crippen molar-refractivity contribution in [2.24, 2.45) is 0 Å². The van der Waals surface area contributed by atoms with Crippen LogP contribution in [0.4, 0.5) is 0 Å². The maximum Gasteiger partial charge on any atom is 0.325 e. The number of aliphatic carboxylic acids is 2. The molecule has 0 aliphatic carbocycles. The van der Waals surface area contributed by atoms with Crippen LogP contribution in [0.5, 0.6) is 0 Å². The van der Waals surface area contributed by atoms with E-state index in [9.17, 15) is 18.0 Å². The Morgan fingerprint density at radius 2 is 1.28 bits per heavy atom. The zero-order valence-corrected chi connectivity index (χ0v) is 15.9. The van der Waals surface area contributed by atoms with Crippen LogP contribution in [0, 0.1) is 0 Å². The topological polar surface area (TPSA) is 118 Å². The van der Waals surface area contributed by atoms with Crippen molar-refractivity contribution in [3.63, 3.8) is 0 Å². The smallest absolute Gasteiger partial charge is 0.325 e. The van der Waals surface area contributed by atoms with E-state index in [4.69, 9.17) is 10.2 Å². The molecule has 0 saturated heterocycles. The number of hydrogen-bond donors (Lipinski definition) is 2. The van der Waals surface area contributed by atoms with Gasteiger partial charge < -0.3 is 10.2 Å². The van der Waals surface area contributed by atoms with Crippen LogP contribution < -0.4 is 0 Å². The minimum Gasteiger partial charge on any atom is -0.481 e. The van der Waals surface area contributed by atoms with Crippen LogP contribution >= 0.6 is 0 Å². The molecule has 1 unspecified atom stereocenters. The molecule has 0 aromatic carbocycles. The van der Waals surface area contributed by atoms with E-state index in [1.54, 1.807) is 0 Å². The lowest BCUT2D eigenvalue weighted by Gasteiger charge is -2.11. The number of carboxylic acids is 2. The molecule has 1 atom stereocenters. The first kappa shape index (κ1) is 23.9. The third-order valence-electron chi connectivity index (χ3n) is 3.98. The molecule has 148 valence electrons. The van der Waals surface area contributed by atoms with Crippen LogP contribution in [0.2, 0.25) is 0 Å². The van der Waals surface area contributed by atoms with Crippen molar-refractivity contribution in [1.29, 1.82) is 0 Å². The number of unbranched alkanes of at least 4 members (excludes halogenated alkanes) is 10. The summed E-state index contributed by atoms with van der Waals surface area (Å²) in [7, 11) is -4.41. The van der Waals surface area contributed by atoms with E-state index >= 15 is 0 Å². The molecule has 0 saturated carbocycles. The highest BCUT2D eigenvalue weighted by molar-refractivity contribution is 7.88. The van der Waals surface area contributed by atoms with Crippen LogP contribution in [0.3, 0.4) is 0 Å². The number of carboxylic acid groups (broad SMARTS) is 2. The first-order valence-electron chi connectivity index (χ1n) is 9.14. The van der Waals surface area contributed by atoms with E-state index < -0.39 is 33.7 Å². The Morgan fingerprint density at radius 3 is 1.68 bits per heavy atom. The average molecular weight is 381 g/mol. The molecule has 0 rings (SSSR count). The van der Waals surface area contributed by atoms with Gasteiger partial charge in [0.25, 0.3) is 10.1 Å². The molecule has 0 fully saturated rings. The summed E-state index contributed by atoms with van der Waals surface area (Å²) in [5.74, 6) is -3.20. The summed E-state index contributed by atoms with van der Waals surface area (Å²) in [5.41, 5.74) is 0. The molecule has 0 amide bonds. The maximum atomic E-state index is 11.7. The van der Waals surface area contributed by atoms with Gasteiger partial charge in [-0.15, -0.1) is 0 Å². The Balaban J connectivity index is 3.75. The predicted molar refractivity (Wildman–Crippen MR) is 95.0 cm³/mol. The molecule has 8 heteroatoms. The summed E-state index contributed by atoms with van der Waals surface area (Å²) in [5, 5.41) is 15.4. The van der Waals surface area contributed by atoms with Crippen molar-refractivity contribution in [3.8, 4) is 0 Å². The zero-order valence-electron chi connectivity index (χ0n) is 15.1. The van der Waals surface area contributed by atoms with Gasteiger partial charge >= 0.3 is 11.9 Å². The standard InChI is InChI=1S/C17H32O7S/c1-2-3-4-5-6-7-8-9-10-11-12-13-24-25(22,23)15(17(20)21)14-16(18)19/h15H,2-14H2,1H3,(H,18,19)(H,20,21). The minimum atomic E-state index is -4.41. The summed E-state index contributed by atoms with van der Waals surface area (Å²) in [6, 6.07) is 0. The number of carbonyl (C=O) groups is 2. The van der Waals surface area contributed by atoms with E-state index in [0.717, 1.165) is 19.3 Å². The fourth-order valence-electron chi connectivity index (χ4n) is 2.49. The quantitative estimate of drug-likeness (QED) is 0.292. The largest absolute Gasteiger partial charge is 0.481 e. The van der Waals surface area contributed by atoms with E-state index in [1.807, 2.05) is 0 Å². The number of rotatable bonds is 17. The Bertz CT molecular complexity index is 473. The number of hydrogen-bond acceptors (Lipinski definition) is 5. The van der Waals surface area contributed by atoms with Crippen molar-refractivity contribution in [2.45, 2.75) is 89.2 Å². The van der Waals surface area contributed by atoms with Crippen LogP contribution in [-0.2, 0) is 23.9 Å². The molecule has 0 aromatic heterocycles. The first-order valence-corrected chi connectivity index (χ1v) is 10.6. The van der Waals surface area contributed by atoms with Gasteiger partial charge in [-0.2, -0.15) is 8.42 Å². The summed E-state index contributed by atoms with van der Waals surface area (Å²) in [6.07, 6.45) is 11.2. The molecule has 0 bridgehead atoms. The molecule has 7 nitrogen and oxygen atoms in total. The Morgan fingerprint density at radius 1 is 0.840 bits per heavy atom. The highest BCUT2D eigenvalue weighted by atomic mass is 32.2. The van der Waals surface area contributed by atoms with E-state index in [0.29, 0.717) is 6.42 Å². The van der Waals surface area contributed by atoms with Gasteiger partial charge in [0.15, 0.2) is 5.25 Å². The third-order valence-corrected chi connectivity index (χ3v) is 5.54. The summed E-state index contributed by atoms with van der Waals surface area (Å²) < 4.78 is 28.1. The summed E-state index contributed by atoms with van der Waals surface area (Å²) in [4.78, 5) is 21.4. The molecule has 0 aliphatic heterocycles. The van der Waals surface area contributed by atoms with Gasteiger partial charge in [0.1, 0.15) is 0 Å². The molecule has 0 aromatic rings. The summed E-state index contributed by atoms with van der Waals surface area (Å²) in [6.45, 7) is 2.09. The normalized spacial score (nSPS) is 12.8. The average Bonchev–Trinajstić information content (AvgIpc) is 2.53. The summed E-state index contributed by atoms with van der Waals surface area (Å²) >= 11 is 0. The van der Waals surface area contributed by atoms with Gasteiger partial charge in [-0.25, -0.2) is 0 Å². The van der Waals surface area contributed by atoms with Gasteiger partial charge in [-0.3, -0.25) is 13.8 Å². The lowest BCUT2D eigenvalue weighted by Crippen LogP contribution is -2.34. The van der Waals surface area contributed by atoms with E-state index in [-0.39, 0.29) is 6.61 Å². The molecule has 0 aliphatic rings. The van der Waals surface area contributed by atoms with Crippen molar-refractivity contribution in [3.05, 3.63) is 0 Å². The SMILES string of the molecule is CCCCCCCCCCCCCOS(=O)(=O)C(CC(=O)O)C(=O)O. The van der Waals surface area contributed by atoms with E-state index in [1.165, 1.54) is 44.9 Å². The molecule has 0 heterocycles. The molecular formula is C17H32O7S. The van der Waals surface area contributed by atoms with Crippen molar-refractivity contribution < 1.29 is 32.4 Å². The van der Waals surface area contributed by atoms with Crippen LogP contribution in [-0.4, -0.2) is 42.4 Å². The second kappa shape index (κ2) is 14.1. The second-order valence-corrected chi connectivity index (χ2v) is 8.07. The Kier molecular flexibility index (Phi) is 13.4. The van der Waals surface area contributed by atoms with Crippen molar-refractivity contribution in [2.75, 3.05) is 6.61 Å². The second-order valence-electron chi connectivity index (χ2n) is 6.28. The minimum absolute atomic E-state index is 0.108. The first-order chi connectivity index (χ1) is 11.8. The fourth-order valence-corrected chi connectivity index (χ4v) is 3.60. The molecule has 0 spiro atoms. The van der Waals surface area contributed by atoms with Gasteiger partial charge in [-0.1, -0.05) is 71.1 Å². The fraction of sp³-hybridized carbons (Fsp3) is 0.882. The molecule has 0 radical (unpaired) electrons. The Labute approximate surface area is 150 Å². The molecule has 2 N–H and O–H groups in total. The van der Waals surface area contributed by atoms with Crippen molar-refractivity contribution in [1.82, 2.24) is 0 Å². The molecular weight excluding hydrogens is 348 g/mol. The maximum absolute atomic E-state index is 11.7. The van der Waals surface area contributed by atoms with Crippen LogP contribution in [0.1, 0.15) is 84.0 Å². The monoisotopic (exact) mass is 380 g/mol. The lowest BCUT2D eigenvalue weighted by atomic mass is 10.1. The third kappa shape index (κ3) is 12.8. The van der Waals surface area contributed by atoms with Gasteiger partial charge in [0.05, 0.1) is 13.0 Å². The highest BCUT2D eigenvalue weighted by Gasteiger charge is 2.35. The van der Waals surface area contributed by atoms with E-state index in [2.05, 4.69) is 11.1 Å². The zero-order chi connectivity index (χ0) is 19.1. The van der Waals surface area contributed by atoms with Crippen LogP contribution in [0.15, 0.2) is 0 Å². The predicted octanol–water partition coefficient (Wildman–Crippen LogP) is 3.57. The Hall–Kier alpha value is -1.15. The van der Waals surface area contributed by atoms with Crippen molar-refractivity contribution >= 4 is 22.1 Å². The highest BCUT2D eigenvalue weighted by Crippen LogP contribution is 2.13. The molecule has 25 heavy (non-hydrogen) atoms. The lowest BCUT2D eigenvalue weighted by molar-refractivity contribution is -0.143. The van der Waals surface area contributed by atoms with Gasteiger partial charge in [0.2, 0.25) is 0 Å². The van der Waals surface area contributed by atoms with Gasteiger partial charge in [0, 0.05) is 0 Å².